The smallest absolute Gasteiger partial charge is 0.462 e. The minimum Gasteiger partial charge on any atom is -0.462 e. The zero-order valence-electron chi connectivity index (χ0n) is 33.6. The van der Waals surface area contributed by atoms with Crippen LogP contribution in [0.4, 0.5) is 0 Å². The maximum atomic E-state index is 12.6. The van der Waals surface area contributed by atoms with Gasteiger partial charge in [0.05, 0.1) is 32.0 Å². The van der Waals surface area contributed by atoms with Gasteiger partial charge in [0.2, 0.25) is 0 Å². The van der Waals surface area contributed by atoms with Gasteiger partial charge in [0, 0.05) is 12.8 Å². The van der Waals surface area contributed by atoms with Crippen LogP contribution < -0.4 is 0 Å². The lowest BCUT2D eigenvalue weighted by atomic mass is 10.1. The van der Waals surface area contributed by atoms with Crippen LogP contribution in [-0.2, 0) is 37.4 Å². The van der Waals surface area contributed by atoms with Crippen LogP contribution >= 0.6 is 7.82 Å². The third kappa shape index (κ3) is 31.4. The maximum Gasteiger partial charge on any atom is 0.472 e. The zero-order chi connectivity index (χ0) is 39.5. The largest absolute Gasteiger partial charge is 0.472 e. The second kappa shape index (κ2) is 34.4. The summed E-state index contributed by atoms with van der Waals surface area (Å²) in [7, 11) is -4.63. The van der Waals surface area contributed by atoms with Crippen molar-refractivity contribution in [1.29, 1.82) is 0 Å². The molecule has 0 bridgehead atoms. The molecular formula is C42H75O11P. The molecule has 1 rings (SSSR count). The molecule has 12 heteroatoms. The molecule has 0 spiro atoms. The lowest BCUT2D eigenvalue weighted by Crippen LogP contribution is -2.29. The number of epoxide rings is 1. The van der Waals surface area contributed by atoms with Crippen LogP contribution in [0.1, 0.15) is 168 Å². The average molecular weight is 787 g/mol. The Kier molecular flexibility index (Phi) is 32.0. The van der Waals surface area contributed by atoms with Crippen molar-refractivity contribution in [2.45, 2.75) is 192 Å². The summed E-state index contributed by atoms with van der Waals surface area (Å²) in [6.45, 7) is 2.28. The Morgan fingerprint density at radius 1 is 0.667 bits per heavy atom. The molecule has 54 heavy (non-hydrogen) atoms. The average Bonchev–Trinajstić information content (AvgIpc) is 3.91. The normalized spacial score (nSPS) is 18.0. The number of aliphatic hydroxyl groups is 2. The molecule has 1 aliphatic rings. The van der Waals surface area contributed by atoms with E-state index in [1.165, 1.54) is 51.4 Å². The summed E-state index contributed by atoms with van der Waals surface area (Å²) < 4.78 is 38.4. The first-order valence-corrected chi connectivity index (χ1v) is 22.6. The fourth-order valence-corrected chi connectivity index (χ4v) is 6.60. The van der Waals surface area contributed by atoms with E-state index in [0.717, 1.165) is 77.0 Å². The molecule has 0 amide bonds. The van der Waals surface area contributed by atoms with Gasteiger partial charge in [0.25, 0.3) is 0 Å². The summed E-state index contributed by atoms with van der Waals surface area (Å²) >= 11 is 0. The van der Waals surface area contributed by atoms with Gasteiger partial charge in [-0.1, -0.05) is 127 Å². The van der Waals surface area contributed by atoms with Gasteiger partial charge < -0.3 is 29.3 Å². The van der Waals surface area contributed by atoms with Gasteiger partial charge in [-0.3, -0.25) is 18.6 Å². The van der Waals surface area contributed by atoms with Crippen LogP contribution in [0.2, 0.25) is 0 Å². The van der Waals surface area contributed by atoms with E-state index in [1.54, 1.807) is 0 Å². The quantitative estimate of drug-likeness (QED) is 0.0136. The Balaban J connectivity index is 2.27. The minimum absolute atomic E-state index is 0.160. The lowest BCUT2D eigenvalue weighted by Gasteiger charge is -2.20. The molecule has 1 fully saturated rings. The van der Waals surface area contributed by atoms with E-state index in [4.69, 9.17) is 23.8 Å². The molecule has 3 unspecified atom stereocenters. The number of aliphatic hydroxyl groups excluding tert-OH is 2. The molecule has 3 N–H and O–H groups in total. The van der Waals surface area contributed by atoms with Gasteiger partial charge in [-0.05, 0) is 64.2 Å². The van der Waals surface area contributed by atoms with Crippen LogP contribution in [-0.4, -0.2) is 77.9 Å². The molecular weight excluding hydrogens is 711 g/mol. The van der Waals surface area contributed by atoms with Gasteiger partial charge in [-0.15, -0.1) is 0 Å². The van der Waals surface area contributed by atoms with Crippen molar-refractivity contribution in [3.8, 4) is 0 Å². The van der Waals surface area contributed by atoms with Crippen LogP contribution in [0.25, 0.3) is 0 Å². The number of rotatable bonds is 38. The molecule has 0 aromatic carbocycles. The highest BCUT2D eigenvalue weighted by atomic mass is 31.2. The van der Waals surface area contributed by atoms with Crippen molar-refractivity contribution in [1.82, 2.24) is 0 Å². The highest BCUT2D eigenvalue weighted by Crippen LogP contribution is 2.43. The molecule has 0 aromatic heterocycles. The van der Waals surface area contributed by atoms with Crippen molar-refractivity contribution < 1.29 is 52.5 Å². The second-order valence-electron chi connectivity index (χ2n) is 14.4. The van der Waals surface area contributed by atoms with Crippen molar-refractivity contribution in [3.63, 3.8) is 0 Å². The number of phosphoric acid groups is 1. The first-order valence-electron chi connectivity index (χ1n) is 21.1. The van der Waals surface area contributed by atoms with Gasteiger partial charge in [0.1, 0.15) is 12.7 Å². The van der Waals surface area contributed by atoms with Gasteiger partial charge in [-0.25, -0.2) is 4.57 Å². The highest BCUT2D eigenvalue weighted by molar-refractivity contribution is 7.47. The summed E-state index contributed by atoms with van der Waals surface area (Å²) in [6.07, 6.45) is 35.6. The van der Waals surface area contributed by atoms with Gasteiger partial charge >= 0.3 is 19.8 Å². The molecule has 1 saturated heterocycles. The first-order chi connectivity index (χ1) is 26.2. The molecule has 5 atom stereocenters. The van der Waals surface area contributed by atoms with E-state index in [1.807, 2.05) is 0 Å². The number of ether oxygens (including phenoxy) is 3. The molecule has 0 radical (unpaired) electrons. The molecule has 0 saturated carbocycles. The Bertz CT molecular complexity index is 1060. The van der Waals surface area contributed by atoms with E-state index in [0.29, 0.717) is 25.0 Å². The molecule has 0 aromatic rings. The van der Waals surface area contributed by atoms with Crippen LogP contribution in [0.3, 0.4) is 0 Å². The number of hydrogen-bond donors (Lipinski definition) is 3. The van der Waals surface area contributed by atoms with E-state index < -0.39 is 51.8 Å². The monoisotopic (exact) mass is 787 g/mol. The number of hydrogen-bond acceptors (Lipinski definition) is 10. The van der Waals surface area contributed by atoms with Crippen molar-refractivity contribution in [3.05, 3.63) is 36.5 Å². The minimum atomic E-state index is -4.63. The van der Waals surface area contributed by atoms with Gasteiger partial charge in [-0.2, -0.15) is 0 Å². The second-order valence-corrected chi connectivity index (χ2v) is 15.9. The van der Waals surface area contributed by atoms with Crippen LogP contribution in [0.5, 0.6) is 0 Å². The van der Waals surface area contributed by atoms with E-state index in [2.05, 4.69) is 54.8 Å². The number of allylic oxidation sites excluding steroid dienone is 5. The fourth-order valence-electron chi connectivity index (χ4n) is 5.81. The zero-order valence-corrected chi connectivity index (χ0v) is 34.5. The Hall–Kier alpha value is -1.85. The predicted octanol–water partition coefficient (Wildman–Crippen LogP) is 9.77. The number of carbonyl (C=O) groups excluding carboxylic acids is 2. The SMILES string of the molecule is CCCCCC/C=C\C=C/CCCCCCCC(=O)O[C@H](COC(=O)CCCCCCC/C=C\CC1OC1CCCCC)COP(=O)(O)OC[C@@H](O)CO. The van der Waals surface area contributed by atoms with Gasteiger partial charge in [0.15, 0.2) is 6.10 Å². The lowest BCUT2D eigenvalue weighted by molar-refractivity contribution is -0.161. The number of carbonyl (C=O) groups is 2. The molecule has 314 valence electrons. The van der Waals surface area contributed by atoms with Crippen LogP contribution in [0.15, 0.2) is 36.5 Å². The van der Waals surface area contributed by atoms with Crippen molar-refractivity contribution in [2.75, 3.05) is 26.4 Å². The summed E-state index contributed by atoms with van der Waals surface area (Å²) in [5.41, 5.74) is 0. The number of unbranched alkanes of at least 4 members (excludes halogenated alkanes) is 16. The topological polar surface area (TPSA) is 161 Å². The standard InChI is InChI=1S/C42H75O11P/c1-3-5-7-8-9-10-11-12-13-14-15-16-21-24-28-32-42(46)52-38(36-51-54(47,48)50-34-37(44)33-43)35-49-41(45)31-27-23-20-18-17-19-22-26-30-40-39(53-40)29-25-6-4-2/h10-13,22,26,37-40,43-44H,3-9,14-21,23-25,27-36H2,1-2H3,(H,47,48)/b11-10-,13-12-,26-22-/t37-,38+,39?,40?/m0/s1. The summed E-state index contributed by atoms with van der Waals surface area (Å²) in [4.78, 5) is 35.0. The predicted molar refractivity (Wildman–Crippen MR) is 214 cm³/mol. The van der Waals surface area contributed by atoms with Crippen LogP contribution in [0, 0.1) is 0 Å². The third-order valence-electron chi connectivity index (χ3n) is 9.22. The van der Waals surface area contributed by atoms with E-state index >= 15 is 0 Å². The summed E-state index contributed by atoms with van der Waals surface area (Å²) in [5.74, 6) is -0.965. The maximum absolute atomic E-state index is 12.6. The molecule has 1 aliphatic heterocycles. The summed E-state index contributed by atoms with van der Waals surface area (Å²) in [6, 6.07) is 0. The van der Waals surface area contributed by atoms with Crippen molar-refractivity contribution >= 4 is 19.8 Å². The number of phosphoric ester groups is 1. The van der Waals surface area contributed by atoms with E-state index in [-0.39, 0.29) is 19.4 Å². The third-order valence-corrected chi connectivity index (χ3v) is 10.2. The van der Waals surface area contributed by atoms with E-state index in [9.17, 15) is 24.2 Å². The molecule has 0 aliphatic carbocycles. The summed E-state index contributed by atoms with van der Waals surface area (Å²) in [5, 5.41) is 18.3. The Morgan fingerprint density at radius 3 is 1.83 bits per heavy atom. The fraction of sp³-hybridized carbons (Fsp3) is 0.810. The Morgan fingerprint density at radius 2 is 1.20 bits per heavy atom. The first kappa shape index (κ1) is 50.2. The van der Waals surface area contributed by atoms with Crippen molar-refractivity contribution in [2.24, 2.45) is 0 Å². The number of esters is 2. The molecule has 11 nitrogen and oxygen atoms in total. The highest BCUT2D eigenvalue weighted by Gasteiger charge is 2.36. The molecule has 1 heterocycles. The Labute approximate surface area is 326 Å².